The van der Waals surface area contributed by atoms with E-state index in [0.717, 1.165) is 0 Å². The first-order chi connectivity index (χ1) is 6.63. The highest BCUT2D eigenvalue weighted by atomic mass is 16.2. The third-order valence-electron chi connectivity index (χ3n) is 2.12. The minimum atomic E-state index is -0.372. The molecule has 4 nitrogen and oxygen atoms in total. The summed E-state index contributed by atoms with van der Waals surface area (Å²) in [6, 6.07) is -0.410. The maximum absolute atomic E-state index is 11.5. The average molecular weight is 194 g/mol. The topological polar surface area (TPSA) is 58.2 Å². The highest BCUT2D eigenvalue weighted by molar-refractivity contribution is 5.90. The van der Waals surface area contributed by atoms with Crippen molar-refractivity contribution in [2.75, 3.05) is 0 Å². The summed E-state index contributed by atoms with van der Waals surface area (Å²) in [5, 5.41) is 5.35. The summed E-state index contributed by atoms with van der Waals surface area (Å²) in [5.41, 5.74) is 0. The van der Waals surface area contributed by atoms with Crippen LogP contribution in [0.25, 0.3) is 0 Å². The molecule has 2 atom stereocenters. The molecule has 1 aliphatic rings. The Hall–Kier alpha value is -1.50. The van der Waals surface area contributed by atoms with E-state index in [1.807, 2.05) is 6.92 Å². The third-order valence-corrected chi connectivity index (χ3v) is 2.12. The number of amides is 2. The van der Waals surface area contributed by atoms with E-state index in [4.69, 9.17) is 6.42 Å². The molecule has 1 fully saturated rings. The molecule has 2 amide bonds. The van der Waals surface area contributed by atoms with E-state index in [2.05, 4.69) is 16.6 Å². The van der Waals surface area contributed by atoms with Gasteiger partial charge in [-0.1, -0.05) is 0 Å². The molecule has 76 valence electrons. The van der Waals surface area contributed by atoms with E-state index >= 15 is 0 Å². The van der Waals surface area contributed by atoms with Gasteiger partial charge in [0.15, 0.2) is 0 Å². The van der Waals surface area contributed by atoms with Gasteiger partial charge < -0.3 is 10.6 Å². The Morgan fingerprint density at radius 3 is 3.07 bits per heavy atom. The SMILES string of the molecule is C#CCC(C)NC(=O)[C@@H]1CCC(=O)N1. The number of nitrogens with one attached hydrogen (secondary N) is 2. The second-order valence-corrected chi connectivity index (χ2v) is 3.48. The van der Waals surface area contributed by atoms with E-state index in [1.54, 1.807) is 0 Å². The smallest absolute Gasteiger partial charge is 0.242 e. The number of hydrogen-bond donors (Lipinski definition) is 2. The Morgan fingerprint density at radius 1 is 1.86 bits per heavy atom. The minimum absolute atomic E-state index is 0.0370. The highest BCUT2D eigenvalue weighted by Gasteiger charge is 2.27. The molecule has 0 aromatic carbocycles. The molecule has 0 saturated carbocycles. The Balaban J connectivity index is 2.35. The van der Waals surface area contributed by atoms with Gasteiger partial charge in [0.05, 0.1) is 0 Å². The van der Waals surface area contributed by atoms with Gasteiger partial charge >= 0.3 is 0 Å². The van der Waals surface area contributed by atoms with Crippen molar-refractivity contribution < 1.29 is 9.59 Å². The van der Waals surface area contributed by atoms with Crippen LogP contribution in [0.3, 0.4) is 0 Å². The van der Waals surface area contributed by atoms with Crippen LogP contribution >= 0.6 is 0 Å². The first-order valence-corrected chi connectivity index (χ1v) is 4.66. The van der Waals surface area contributed by atoms with Crippen molar-refractivity contribution in [2.24, 2.45) is 0 Å². The van der Waals surface area contributed by atoms with Crippen LogP contribution in [0.4, 0.5) is 0 Å². The molecule has 1 rings (SSSR count). The van der Waals surface area contributed by atoms with Gasteiger partial charge in [-0.15, -0.1) is 12.3 Å². The van der Waals surface area contributed by atoms with Gasteiger partial charge in [0.25, 0.3) is 0 Å². The van der Waals surface area contributed by atoms with Gasteiger partial charge in [0.1, 0.15) is 6.04 Å². The van der Waals surface area contributed by atoms with Crippen molar-refractivity contribution in [3.8, 4) is 12.3 Å². The normalized spacial score (nSPS) is 22.3. The summed E-state index contributed by atoms with van der Waals surface area (Å²) in [6.07, 6.45) is 6.62. The van der Waals surface area contributed by atoms with E-state index in [0.29, 0.717) is 19.3 Å². The number of hydrogen-bond acceptors (Lipinski definition) is 2. The standard InChI is InChI=1S/C10H14N2O2/c1-3-4-7(2)11-10(14)8-5-6-9(13)12-8/h1,7-8H,4-6H2,2H3,(H,11,14)(H,12,13)/t7?,8-/m0/s1. The lowest BCUT2D eigenvalue weighted by Crippen LogP contribution is -2.44. The molecule has 4 heteroatoms. The van der Waals surface area contributed by atoms with Gasteiger partial charge in [-0.2, -0.15) is 0 Å². The van der Waals surface area contributed by atoms with Crippen LogP contribution in [0.5, 0.6) is 0 Å². The number of carbonyl (C=O) groups excluding carboxylic acids is 2. The number of rotatable bonds is 3. The van der Waals surface area contributed by atoms with Crippen LogP contribution in [0, 0.1) is 12.3 Å². The molecule has 1 aliphatic heterocycles. The summed E-state index contributed by atoms with van der Waals surface area (Å²) >= 11 is 0. The number of carbonyl (C=O) groups is 2. The fourth-order valence-corrected chi connectivity index (χ4v) is 1.38. The van der Waals surface area contributed by atoms with Crippen LogP contribution in [-0.4, -0.2) is 23.9 Å². The molecule has 0 aromatic heterocycles. The van der Waals surface area contributed by atoms with Crippen LogP contribution in [-0.2, 0) is 9.59 Å². The molecule has 0 aromatic rings. The summed E-state index contributed by atoms with van der Waals surface area (Å²) in [7, 11) is 0. The summed E-state index contributed by atoms with van der Waals surface area (Å²) in [6.45, 7) is 1.84. The second-order valence-electron chi connectivity index (χ2n) is 3.48. The molecule has 1 heterocycles. The third kappa shape index (κ3) is 2.77. The van der Waals surface area contributed by atoms with Crippen molar-refractivity contribution in [2.45, 2.75) is 38.3 Å². The summed E-state index contributed by atoms with van der Waals surface area (Å²) in [4.78, 5) is 22.3. The fraction of sp³-hybridized carbons (Fsp3) is 0.600. The first-order valence-electron chi connectivity index (χ1n) is 4.66. The molecule has 1 saturated heterocycles. The second kappa shape index (κ2) is 4.66. The van der Waals surface area contributed by atoms with E-state index in [9.17, 15) is 9.59 Å². The Bertz CT molecular complexity index is 280. The number of terminal acetylenes is 1. The maximum Gasteiger partial charge on any atom is 0.242 e. The predicted molar refractivity (Wildman–Crippen MR) is 52.2 cm³/mol. The molecule has 0 aliphatic carbocycles. The zero-order chi connectivity index (χ0) is 10.6. The molecule has 0 spiro atoms. The quantitative estimate of drug-likeness (QED) is 0.611. The van der Waals surface area contributed by atoms with Crippen LogP contribution < -0.4 is 10.6 Å². The minimum Gasteiger partial charge on any atom is -0.351 e. The Kier molecular flexibility index (Phi) is 3.52. The predicted octanol–water partition coefficient (Wildman–Crippen LogP) is -0.207. The van der Waals surface area contributed by atoms with E-state index in [1.165, 1.54) is 0 Å². The van der Waals surface area contributed by atoms with Crippen LogP contribution in [0.2, 0.25) is 0 Å². The lowest BCUT2D eigenvalue weighted by Gasteiger charge is -2.14. The molecule has 0 bridgehead atoms. The zero-order valence-electron chi connectivity index (χ0n) is 8.17. The van der Waals surface area contributed by atoms with Crippen molar-refractivity contribution >= 4 is 11.8 Å². The largest absolute Gasteiger partial charge is 0.351 e. The summed E-state index contributed by atoms with van der Waals surface area (Å²) in [5.74, 6) is 2.27. The van der Waals surface area contributed by atoms with Gasteiger partial charge in [-0.05, 0) is 13.3 Å². The molecule has 2 N–H and O–H groups in total. The lowest BCUT2D eigenvalue weighted by atomic mass is 10.2. The van der Waals surface area contributed by atoms with Gasteiger partial charge in [0, 0.05) is 18.9 Å². The van der Waals surface area contributed by atoms with Crippen molar-refractivity contribution in [1.29, 1.82) is 0 Å². The zero-order valence-corrected chi connectivity index (χ0v) is 8.17. The lowest BCUT2D eigenvalue weighted by molar-refractivity contribution is -0.126. The highest BCUT2D eigenvalue weighted by Crippen LogP contribution is 2.06. The molecule has 14 heavy (non-hydrogen) atoms. The maximum atomic E-state index is 11.5. The van der Waals surface area contributed by atoms with Crippen molar-refractivity contribution in [3.63, 3.8) is 0 Å². The Morgan fingerprint density at radius 2 is 2.57 bits per heavy atom. The average Bonchev–Trinajstić information content (AvgIpc) is 2.52. The monoisotopic (exact) mass is 194 g/mol. The molecular formula is C10H14N2O2. The van der Waals surface area contributed by atoms with Gasteiger partial charge in [0.2, 0.25) is 11.8 Å². The van der Waals surface area contributed by atoms with Crippen molar-refractivity contribution in [3.05, 3.63) is 0 Å². The van der Waals surface area contributed by atoms with Crippen molar-refractivity contribution in [1.82, 2.24) is 10.6 Å². The summed E-state index contributed by atoms with van der Waals surface area (Å²) < 4.78 is 0. The molecule has 1 unspecified atom stereocenters. The first kappa shape index (κ1) is 10.6. The van der Waals surface area contributed by atoms with Gasteiger partial charge in [-0.25, -0.2) is 0 Å². The fourth-order valence-electron chi connectivity index (χ4n) is 1.38. The van der Waals surface area contributed by atoms with Crippen LogP contribution in [0.1, 0.15) is 26.2 Å². The Labute approximate surface area is 83.4 Å². The van der Waals surface area contributed by atoms with E-state index in [-0.39, 0.29) is 23.9 Å². The molecular weight excluding hydrogens is 180 g/mol. The van der Waals surface area contributed by atoms with Crippen LogP contribution in [0.15, 0.2) is 0 Å². The van der Waals surface area contributed by atoms with Gasteiger partial charge in [-0.3, -0.25) is 9.59 Å². The van der Waals surface area contributed by atoms with E-state index < -0.39 is 0 Å². The molecule has 0 radical (unpaired) electrons.